The molecule has 0 spiro atoms. The van der Waals surface area contributed by atoms with Gasteiger partial charge in [0, 0.05) is 19.0 Å². The molecule has 170 valence electrons. The minimum Gasteiger partial charge on any atom is -0.440 e. The summed E-state index contributed by atoms with van der Waals surface area (Å²) >= 11 is 0. The van der Waals surface area contributed by atoms with Crippen LogP contribution in [-0.2, 0) is 15.1 Å². The number of carbonyl (C=O) groups is 3. The van der Waals surface area contributed by atoms with Crippen molar-refractivity contribution in [3.63, 3.8) is 0 Å². The highest BCUT2D eigenvalue weighted by Crippen LogP contribution is 2.31. The zero-order valence-electron chi connectivity index (χ0n) is 18.7. The van der Waals surface area contributed by atoms with E-state index in [1.54, 1.807) is 11.8 Å². The van der Waals surface area contributed by atoms with Crippen LogP contribution in [0.1, 0.15) is 42.7 Å². The molecule has 2 aliphatic heterocycles. The van der Waals surface area contributed by atoms with Gasteiger partial charge in [0.2, 0.25) is 5.91 Å². The fraction of sp³-hybridized carbons (Fsp3) is 0.360. The van der Waals surface area contributed by atoms with Crippen LogP contribution in [0, 0.1) is 6.92 Å². The van der Waals surface area contributed by atoms with Crippen molar-refractivity contribution in [3.8, 4) is 0 Å². The van der Waals surface area contributed by atoms with Gasteiger partial charge in [0.05, 0.1) is 0 Å². The summed E-state index contributed by atoms with van der Waals surface area (Å²) in [6, 6.07) is 14.6. The number of hydrogen-bond donors (Lipinski definition) is 1. The number of para-hydroxylation sites is 2. The van der Waals surface area contributed by atoms with Crippen LogP contribution >= 0.6 is 0 Å². The van der Waals surface area contributed by atoms with E-state index in [4.69, 9.17) is 4.42 Å². The first-order valence-corrected chi connectivity index (χ1v) is 11.2. The summed E-state index contributed by atoms with van der Waals surface area (Å²) in [6.45, 7) is 4.43. The zero-order valence-corrected chi connectivity index (χ0v) is 18.7. The number of piperidine rings is 1. The van der Waals surface area contributed by atoms with Crippen molar-refractivity contribution in [2.24, 2.45) is 0 Å². The van der Waals surface area contributed by atoms with E-state index in [9.17, 15) is 14.4 Å². The Balaban J connectivity index is 1.22. The summed E-state index contributed by atoms with van der Waals surface area (Å²) in [5, 5.41) is 2.76. The first kappa shape index (κ1) is 21.2. The third-order valence-corrected chi connectivity index (χ3v) is 6.70. The van der Waals surface area contributed by atoms with Gasteiger partial charge in [-0.3, -0.25) is 14.5 Å². The minimum absolute atomic E-state index is 0.142. The number of fused-ring (bicyclic) bond motifs is 1. The van der Waals surface area contributed by atoms with Crippen molar-refractivity contribution >= 4 is 28.9 Å². The maximum atomic E-state index is 13.1. The predicted octanol–water partition coefficient (Wildman–Crippen LogP) is 3.31. The molecular weight excluding hydrogens is 420 g/mol. The average molecular weight is 447 g/mol. The maximum Gasteiger partial charge on any atom is 0.325 e. The van der Waals surface area contributed by atoms with Gasteiger partial charge in [-0.1, -0.05) is 42.0 Å². The van der Waals surface area contributed by atoms with Crippen molar-refractivity contribution < 1.29 is 18.8 Å². The molecule has 2 aromatic carbocycles. The second-order valence-corrected chi connectivity index (χ2v) is 8.99. The molecule has 1 aromatic heterocycles. The molecule has 4 amide bonds. The fourth-order valence-corrected chi connectivity index (χ4v) is 4.60. The van der Waals surface area contributed by atoms with Crippen LogP contribution in [0.3, 0.4) is 0 Å². The zero-order chi connectivity index (χ0) is 23.2. The third-order valence-electron chi connectivity index (χ3n) is 6.70. The number of carbonyl (C=O) groups excluding carboxylic acids is 3. The molecule has 0 aliphatic carbocycles. The lowest BCUT2D eigenvalue weighted by Crippen LogP contribution is -2.46. The van der Waals surface area contributed by atoms with Gasteiger partial charge in [-0.2, -0.15) is 0 Å². The number of rotatable bonds is 4. The predicted molar refractivity (Wildman–Crippen MR) is 121 cm³/mol. The molecule has 2 fully saturated rings. The Kier molecular flexibility index (Phi) is 5.15. The van der Waals surface area contributed by atoms with Crippen molar-refractivity contribution in [1.29, 1.82) is 0 Å². The Morgan fingerprint density at radius 2 is 1.82 bits per heavy atom. The van der Waals surface area contributed by atoms with E-state index < -0.39 is 17.5 Å². The summed E-state index contributed by atoms with van der Waals surface area (Å²) in [7, 11) is 0. The van der Waals surface area contributed by atoms with E-state index in [1.807, 2.05) is 55.5 Å². The summed E-state index contributed by atoms with van der Waals surface area (Å²) in [6.07, 6.45) is 1.44. The number of oxazole rings is 1. The molecule has 3 aromatic rings. The number of benzene rings is 2. The highest BCUT2D eigenvalue weighted by molar-refractivity contribution is 6.09. The standard InChI is InChI=1S/C25H26N4O4/c1-16-7-9-18(10-8-16)25(2)23(31)29(24(32)27-25)15-21(30)28-13-11-17(12-14-28)22-26-19-5-3-4-6-20(19)33-22/h3-10,17H,11-15H2,1-2H3,(H,27,32)/t25-/m0/s1. The van der Waals surface area contributed by atoms with Crippen LogP contribution in [0.5, 0.6) is 0 Å². The molecule has 2 saturated heterocycles. The Labute approximate surface area is 191 Å². The molecule has 5 rings (SSSR count). The van der Waals surface area contributed by atoms with Gasteiger partial charge >= 0.3 is 6.03 Å². The van der Waals surface area contributed by atoms with Gasteiger partial charge in [0.15, 0.2) is 11.5 Å². The van der Waals surface area contributed by atoms with E-state index in [2.05, 4.69) is 10.3 Å². The monoisotopic (exact) mass is 446 g/mol. The van der Waals surface area contributed by atoms with Crippen molar-refractivity contribution in [2.45, 2.75) is 38.1 Å². The number of nitrogens with one attached hydrogen (secondary N) is 1. The Hall–Kier alpha value is -3.68. The number of hydrogen-bond acceptors (Lipinski definition) is 5. The lowest BCUT2D eigenvalue weighted by Gasteiger charge is -2.31. The van der Waals surface area contributed by atoms with Gasteiger partial charge < -0.3 is 14.6 Å². The largest absolute Gasteiger partial charge is 0.440 e. The average Bonchev–Trinajstić information content (AvgIpc) is 3.35. The molecule has 0 radical (unpaired) electrons. The van der Waals surface area contributed by atoms with E-state index >= 15 is 0 Å². The Morgan fingerprint density at radius 1 is 1.12 bits per heavy atom. The molecule has 1 N–H and O–H groups in total. The number of aryl methyl sites for hydroxylation is 1. The first-order valence-electron chi connectivity index (χ1n) is 11.2. The summed E-state index contributed by atoms with van der Waals surface area (Å²) < 4.78 is 5.89. The Bertz CT molecular complexity index is 1190. The second kappa shape index (κ2) is 8.03. The lowest BCUT2D eigenvalue weighted by atomic mass is 9.91. The van der Waals surface area contributed by atoms with E-state index in [0.29, 0.717) is 24.5 Å². The smallest absolute Gasteiger partial charge is 0.325 e. The molecule has 33 heavy (non-hydrogen) atoms. The SMILES string of the molecule is Cc1ccc([C@]2(C)NC(=O)N(CC(=O)N3CCC(c4nc5ccccc5o4)CC3)C2=O)cc1. The molecule has 3 heterocycles. The van der Waals surface area contributed by atoms with Crippen LogP contribution < -0.4 is 5.32 Å². The number of nitrogens with zero attached hydrogens (tertiary/aromatic N) is 3. The highest BCUT2D eigenvalue weighted by Gasteiger charge is 2.49. The number of likely N-dealkylation sites (tertiary alicyclic amines) is 1. The van der Waals surface area contributed by atoms with Crippen LogP contribution in [0.4, 0.5) is 4.79 Å². The Morgan fingerprint density at radius 3 is 2.52 bits per heavy atom. The van der Waals surface area contributed by atoms with E-state index in [-0.39, 0.29) is 18.4 Å². The number of amides is 4. The normalized spacial score (nSPS) is 21.6. The van der Waals surface area contributed by atoms with Gasteiger partial charge in [-0.25, -0.2) is 9.78 Å². The molecule has 0 unspecified atom stereocenters. The number of urea groups is 1. The van der Waals surface area contributed by atoms with Gasteiger partial charge in [0.25, 0.3) is 5.91 Å². The van der Waals surface area contributed by atoms with Gasteiger partial charge in [-0.05, 0) is 44.4 Å². The summed E-state index contributed by atoms with van der Waals surface area (Å²) in [5.74, 6) is 0.197. The van der Waals surface area contributed by atoms with Gasteiger partial charge in [0.1, 0.15) is 17.6 Å². The summed E-state index contributed by atoms with van der Waals surface area (Å²) in [4.78, 5) is 45.9. The summed E-state index contributed by atoms with van der Waals surface area (Å²) in [5.41, 5.74) is 2.18. The van der Waals surface area contributed by atoms with Crippen LogP contribution in [0.25, 0.3) is 11.1 Å². The van der Waals surface area contributed by atoms with E-state index in [1.165, 1.54) is 0 Å². The van der Waals surface area contributed by atoms with E-state index in [0.717, 1.165) is 34.4 Å². The van der Waals surface area contributed by atoms with Crippen molar-refractivity contribution in [2.75, 3.05) is 19.6 Å². The highest BCUT2D eigenvalue weighted by atomic mass is 16.3. The van der Waals surface area contributed by atoms with Crippen molar-refractivity contribution in [3.05, 3.63) is 65.5 Å². The number of aromatic nitrogens is 1. The molecule has 0 bridgehead atoms. The van der Waals surface area contributed by atoms with Crippen LogP contribution in [-0.4, -0.2) is 52.3 Å². The fourth-order valence-electron chi connectivity index (χ4n) is 4.60. The lowest BCUT2D eigenvalue weighted by molar-refractivity contribution is -0.139. The molecule has 2 aliphatic rings. The molecular formula is C25H26N4O4. The maximum absolute atomic E-state index is 13.1. The third kappa shape index (κ3) is 3.75. The molecule has 1 atom stereocenters. The van der Waals surface area contributed by atoms with Crippen molar-refractivity contribution in [1.82, 2.24) is 20.1 Å². The van der Waals surface area contributed by atoms with Gasteiger partial charge in [-0.15, -0.1) is 0 Å². The molecule has 0 saturated carbocycles. The van der Waals surface area contributed by atoms with Crippen LogP contribution in [0.15, 0.2) is 52.9 Å². The molecule has 8 nitrogen and oxygen atoms in total. The topological polar surface area (TPSA) is 95.8 Å². The number of imide groups is 1. The van der Waals surface area contributed by atoms with Crippen LogP contribution in [0.2, 0.25) is 0 Å². The second-order valence-electron chi connectivity index (χ2n) is 8.99. The minimum atomic E-state index is -1.18. The first-order chi connectivity index (χ1) is 15.8. The quantitative estimate of drug-likeness (QED) is 0.621. The molecule has 8 heteroatoms.